The van der Waals surface area contributed by atoms with Crippen LogP contribution in [0.4, 0.5) is 11.4 Å². The highest BCUT2D eigenvalue weighted by molar-refractivity contribution is 5.92. The second-order valence-corrected chi connectivity index (χ2v) is 9.59. The SMILES string of the molecule is CCC(C)(C)CC(=O)N(Oc1ccc(C(C)(C)CC)cc1)c1ccc(NNC(C)=O)cc1. The van der Waals surface area contributed by atoms with Gasteiger partial charge in [-0.15, -0.1) is 5.06 Å². The van der Waals surface area contributed by atoms with E-state index in [2.05, 4.69) is 64.5 Å². The summed E-state index contributed by atoms with van der Waals surface area (Å²) in [6.07, 6.45) is 2.27. The molecule has 0 heterocycles. The average molecular weight is 440 g/mol. The Hall–Kier alpha value is -3.02. The summed E-state index contributed by atoms with van der Waals surface area (Å²) < 4.78 is 0. The molecular weight excluding hydrogens is 402 g/mol. The fourth-order valence-electron chi connectivity index (χ4n) is 2.97. The van der Waals surface area contributed by atoms with Gasteiger partial charge in [0, 0.05) is 13.3 Å². The molecule has 2 N–H and O–H groups in total. The lowest BCUT2D eigenvalue weighted by Gasteiger charge is -2.28. The standard InChI is InChI=1S/C26H37N3O3/c1-8-25(4,5)18-24(31)29(22-14-12-21(13-15-22)28-27-19(3)30)32-23-16-10-20(11-17-23)26(6,7)9-2/h10-17,28H,8-9,18H2,1-7H3,(H,27,30). The first-order valence-electron chi connectivity index (χ1n) is 11.2. The molecule has 2 aromatic rings. The summed E-state index contributed by atoms with van der Waals surface area (Å²) in [6, 6.07) is 15.1. The highest BCUT2D eigenvalue weighted by Gasteiger charge is 2.27. The van der Waals surface area contributed by atoms with Crippen LogP contribution in [0.15, 0.2) is 48.5 Å². The largest absolute Gasteiger partial charge is 0.372 e. The minimum absolute atomic E-state index is 0.0793. The van der Waals surface area contributed by atoms with Gasteiger partial charge in [-0.1, -0.05) is 60.1 Å². The van der Waals surface area contributed by atoms with Crippen LogP contribution in [-0.4, -0.2) is 11.8 Å². The van der Waals surface area contributed by atoms with Crippen molar-refractivity contribution in [3.8, 4) is 5.75 Å². The van der Waals surface area contributed by atoms with Gasteiger partial charge in [-0.25, -0.2) is 0 Å². The molecule has 174 valence electrons. The van der Waals surface area contributed by atoms with E-state index >= 15 is 0 Å². The van der Waals surface area contributed by atoms with Crippen LogP contribution in [0.25, 0.3) is 0 Å². The van der Waals surface area contributed by atoms with Crippen molar-refractivity contribution in [2.45, 2.75) is 73.1 Å². The van der Waals surface area contributed by atoms with Gasteiger partial charge in [0.2, 0.25) is 5.91 Å². The Morgan fingerprint density at radius 1 is 0.906 bits per heavy atom. The molecule has 0 aromatic heterocycles. The van der Waals surface area contributed by atoms with Gasteiger partial charge < -0.3 is 4.84 Å². The summed E-state index contributed by atoms with van der Waals surface area (Å²) in [5.74, 6) is 0.298. The van der Waals surface area contributed by atoms with Crippen LogP contribution in [-0.2, 0) is 15.0 Å². The van der Waals surface area contributed by atoms with Crippen LogP contribution in [0, 0.1) is 5.41 Å². The van der Waals surface area contributed by atoms with Crippen LogP contribution < -0.4 is 20.8 Å². The second kappa shape index (κ2) is 10.5. The lowest BCUT2D eigenvalue weighted by Crippen LogP contribution is -2.37. The third-order valence-electron chi connectivity index (χ3n) is 6.01. The first-order chi connectivity index (χ1) is 15.0. The zero-order chi connectivity index (χ0) is 23.9. The molecule has 0 unspecified atom stereocenters. The van der Waals surface area contributed by atoms with Crippen molar-refractivity contribution in [3.05, 3.63) is 54.1 Å². The van der Waals surface area contributed by atoms with Crippen molar-refractivity contribution in [2.24, 2.45) is 5.41 Å². The number of benzene rings is 2. The van der Waals surface area contributed by atoms with E-state index in [1.165, 1.54) is 17.6 Å². The fourth-order valence-corrected chi connectivity index (χ4v) is 2.97. The molecule has 0 saturated carbocycles. The van der Waals surface area contributed by atoms with Gasteiger partial charge in [-0.3, -0.25) is 20.4 Å². The number of anilines is 2. The summed E-state index contributed by atoms with van der Waals surface area (Å²) in [6.45, 7) is 14.2. The number of carbonyl (C=O) groups is 2. The van der Waals surface area contributed by atoms with Crippen LogP contribution in [0.1, 0.15) is 73.3 Å². The summed E-state index contributed by atoms with van der Waals surface area (Å²) in [7, 11) is 0. The van der Waals surface area contributed by atoms with E-state index in [0.29, 0.717) is 23.5 Å². The highest BCUT2D eigenvalue weighted by atomic mass is 16.7. The van der Waals surface area contributed by atoms with Crippen LogP contribution in [0.3, 0.4) is 0 Å². The Bertz CT molecular complexity index is 903. The predicted molar refractivity (Wildman–Crippen MR) is 130 cm³/mol. The third kappa shape index (κ3) is 7.01. The van der Waals surface area contributed by atoms with E-state index in [-0.39, 0.29) is 22.6 Å². The molecular formula is C26H37N3O3. The van der Waals surface area contributed by atoms with E-state index in [1.54, 1.807) is 24.3 Å². The molecule has 32 heavy (non-hydrogen) atoms. The molecule has 0 atom stereocenters. The van der Waals surface area contributed by atoms with Gasteiger partial charge in [0.05, 0.1) is 11.4 Å². The quantitative estimate of drug-likeness (QED) is 0.446. The number of hydrogen-bond acceptors (Lipinski definition) is 4. The number of amides is 2. The zero-order valence-electron chi connectivity index (χ0n) is 20.4. The maximum Gasteiger partial charge on any atom is 0.260 e. The van der Waals surface area contributed by atoms with Gasteiger partial charge in [-0.2, -0.15) is 0 Å². The maximum atomic E-state index is 13.2. The van der Waals surface area contributed by atoms with E-state index < -0.39 is 0 Å². The predicted octanol–water partition coefficient (Wildman–Crippen LogP) is 5.99. The van der Waals surface area contributed by atoms with Crippen molar-refractivity contribution in [3.63, 3.8) is 0 Å². The monoisotopic (exact) mass is 439 g/mol. The molecule has 0 radical (unpaired) electrons. The normalized spacial score (nSPS) is 11.6. The average Bonchev–Trinajstić information content (AvgIpc) is 2.76. The molecule has 0 saturated heterocycles. The van der Waals surface area contributed by atoms with Crippen LogP contribution in [0.2, 0.25) is 0 Å². The minimum Gasteiger partial charge on any atom is -0.372 e. The van der Waals surface area contributed by atoms with E-state index in [0.717, 1.165) is 12.8 Å². The molecule has 0 aliphatic heterocycles. The van der Waals surface area contributed by atoms with Crippen molar-refractivity contribution in [1.82, 2.24) is 5.43 Å². The number of rotatable bonds is 10. The van der Waals surface area contributed by atoms with Gasteiger partial charge in [0.15, 0.2) is 5.75 Å². The molecule has 2 aromatic carbocycles. The molecule has 0 aliphatic carbocycles. The lowest BCUT2D eigenvalue weighted by atomic mass is 9.82. The summed E-state index contributed by atoms with van der Waals surface area (Å²) in [5, 5.41) is 1.36. The van der Waals surface area contributed by atoms with Crippen molar-refractivity contribution >= 4 is 23.2 Å². The number of nitrogens with one attached hydrogen (secondary N) is 2. The number of hydrazine groups is 1. The van der Waals surface area contributed by atoms with Crippen LogP contribution >= 0.6 is 0 Å². The number of carbonyl (C=O) groups excluding carboxylic acids is 2. The van der Waals surface area contributed by atoms with Crippen LogP contribution in [0.5, 0.6) is 5.75 Å². The summed E-state index contributed by atoms with van der Waals surface area (Å²) in [5.41, 5.74) is 7.84. The number of nitrogens with zero attached hydrogens (tertiary/aromatic N) is 1. The molecule has 0 fully saturated rings. The zero-order valence-corrected chi connectivity index (χ0v) is 20.4. The molecule has 2 rings (SSSR count). The first kappa shape index (κ1) is 25.2. The van der Waals surface area contributed by atoms with E-state index in [1.807, 2.05) is 12.1 Å². The van der Waals surface area contributed by atoms with Gasteiger partial charge >= 0.3 is 0 Å². The fraction of sp³-hybridized carbons (Fsp3) is 0.462. The maximum absolute atomic E-state index is 13.2. The van der Waals surface area contributed by atoms with Crippen molar-refractivity contribution in [1.29, 1.82) is 0 Å². The smallest absolute Gasteiger partial charge is 0.260 e. The summed E-state index contributed by atoms with van der Waals surface area (Å²) >= 11 is 0. The highest BCUT2D eigenvalue weighted by Crippen LogP contribution is 2.31. The molecule has 0 bridgehead atoms. The van der Waals surface area contributed by atoms with Gasteiger partial charge in [0.1, 0.15) is 0 Å². The third-order valence-corrected chi connectivity index (χ3v) is 6.01. The van der Waals surface area contributed by atoms with E-state index in [9.17, 15) is 9.59 Å². The van der Waals surface area contributed by atoms with Crippen molar-refractivity contribution < 1.29 is 14.4 Å². The Labute approximate surface area is 192 Å². The Balaban J connectivity index is 2.28. The number of hydrogen-bond donors (Lipinski definition) is 2. The minimum atomic E-state index is -0.189. The van der Waals surface area contributed by atoms with Gasteiger partial charge in [-0.05, 0) is 59.2 Å². The van der Waals surface area contributed by atoms with E-state index in [4.69, 9.17) is 4.84 Å². The Kier molecular flexibility index (Phi) is 8.31. The molecule has 2 amide bonds. The lowest BCUT2D eigenvalue weighted by molar-refractivity contribution is -0.124. The molecule has 0 spiro atoms. The second-order valence-electron chi connectivity index (χ2n) is 9.59. The summed E-state index contributed by atoms with van der Waals surface area (Å²) in [4.78, 5) is 30.4. The van der Waals surface area contributed by atoms with Gasteiger partial charge in [0.25, 0.3) is 5.91 Å². The Morgan fingerprint density at radius 3 is 2.00 bits per heavy atom. The molecule has 6 heteroatoms. The Morgan fingerprint density at radius 2 is 1.50 bits per heavy atom. The van der Waals surface area contributed by atoms with Crippen molar-refractivity contribution in [2.75, 3.05) is 10.5 Å². The topological polar surface area (TPSA) is 70.7 Å². The molecule has 0 aliphatic rings. The first-order valence-corrected chi connectivity index (χ1v) is 11.2. The number of hydroxylamine groups is 1. The molecule has 6 nitrogen and oxygen atoms in total.